The van der Waals surface area contributed by atoms with Crippen molar-refractivity contribution < 1.29 is 8.60 Å². The third-order valence-electron chi connectivity index (χ3n) is 4.39. The molecule has 0 fully saturated rings. The first kappa shape index (κ1) is 18.3. The van der Waals surface area contributed by atoms with E-state index in [0.717, 1.165) is 33.7 Å². The van der Waals surface area contributed by atoms with E-state index in [1.165, 1.54) is 12.1 Å². The van der Waals surface area contributed by atoms with Crippen LogP contribution in [0.1, 0.15) is 0 Å². The SMILES string of the molecule is CN(C)S(=O)Nc1cccc(-c2cnc3cc(-c4ccc(F)cc4)ccn23)c1. The highest BCUT2D eigenvalue weighted by molar-refractivity contribution is 7.83. The first-order chi connectivity index (χ1) is 13.5. The summed E-state index contributed by atoms with van der Waals surface area (Å²) in [5.74, 6) is -0.253. The van der Waals surface area contributed by atoms with Crippen molar-refractivity contribution in [3.05, 3.63) is 78.9 Å². The quantitative estimate of drug-likeness (QED) is 0.547. The van der Waals surface area contributed by atoms with Crippen LogP contribution >= 0.6 is 0 Å². The van der Waals surface area contributed by atoms with E-state index in [1.54, 1.807) is 30.5 Å². The van der Waals surface area contributed by atoms with Crippen LogP contribution < -0.4 is 4.72 Å². The molecule has 2 heterocycles. The van der Waals surface area contributed by atoms with Crippen molar-refractivity contribution in [2.45, 2.75) is 0 Å². The van der Waals surface area contributed by atoms with Crippen LogP contribution in [-0.2, 0) is 11.2 Å². The van der Waals surface area contributed by atoms with Crippen LogP contribution in [0, 0.1) is 5.82 Å². The molecule has 0 saturated carbocycles. The normalized spacial score (nSPS) is 12.4. The van der Waals surface area contributed by atoms with Gasteiger partial charge < -0.3 is 0 Å². The van der Waals surface area contributed by atoms with Crippen molar-refractivity contribution in [3.63, 3.8) is 0 Å². The minimum absolute atomic E-state index is 0.253. The van der Waals surface area contributed by atoms with Crippen molar-refractivity contribution in [1.82, 2.24) is 13.7 Å². The van der Waals surface area contributed by atoms with E-state index in [1.807, 2.05) is 53.2 Å². The summed E-state index contributed by atoms with van der Waals surface area (Å²) in [5, 5.41) is 0. The van der Waals surface area contributed by atoms with E-state index in [-0.39, 0.29) is 5.82 Å². The average Bonchev–Trinajstić information content (AvgIpc) is 3.12. The fraction of sp³-hybridized carbons (Fsp3) is 0.0952. The van der Waals surface area contributed by atoms with Gasteiger partial charge in [0, 0.05) is 31.5 Å². The third-order valence-corrected chi connectivity index (χ3v) is 5.46. The van der Waals surface area contributed by atoms with Gasteiger partial charge in [-0.05, 0) is 47.5 Å². The number of hydrogen-bond acceptors (Lipinski definition) is 2. The van der Waals surface area contributed by atoms with Crippen molar-refractivity contribution in [2.24, 2.45) is 0 Å². The summed E-state index contributed by atoms with van der Waals surface area (Å²) in [7, 11) is 3.49. The predicted octanol–water partition coefficient (Wildman–Crippen LogP) is 4.36. The lowest BCUT2D eigenvalue weighted by atomic mass is 10.1. The molecule has 4 aromatic rings. The van der Waals surface area contributed by atoms with Gasteiger partial charge in [0.05, 0.1) is 11.9 Å². The number of nitrogens with zero attached hydrogens (tertiary/aromatic N) is 3. The number of fused-ring (bicyclic) bond motifs is 1. The molecule has 0 bridgehead atoms. The average molecular weight is 394 g/mol. The Morgan fingerprint density at radius 1 is 1.00 bits per heavy atom. The molecular weight excluding hydrogens is 375 g/mol. The van der Waals surface area contributed by atoms with E-state index in [2.05, 4.69) is 9.71 Å². The number of nitrogens with one attached hydrogen (secondary N) is 1. The zero-order valence-electron chi connectivity index (χ0n) is 15.5. The molecule has 1 unspecified atom stereocenters. The predicted molar refractivity (Wildman–Crippen MR) is 111 cm³/mol. The lowest BCUT2D eigenvalue weighted by molar-refractivity contribution is 0.608. The Bertz CT molecular complexity index is 1150. The van der Waals surface area contributed by atoms with Crippen LogP contribution in [0.3, 0.4) is 0 Å². The first-order valence-corrected chi connectivity index (χ1v) is 9.81. The molecule has 0 amide bonds. The molecule has 0 spiro atoms. The number of imidazole rings is 1. The smallest absolute Gasteiger partial charge is 0.195 e. The van der Waals surface area contributed by atoms with Crippen LogP contribution in [-0.4, -0.2) is 32.0 Å². The highest BCUT2D eigenvalue weighted by Gasteiger charge is 2.09. The Hall–Kier alpha value is -3.03. The van der Waals surface area contributed by atoms with E-state index >= 15 is 0 Å². The van der Waals surface area contributed by atoms with E-state index in [4.69, 9.17) is 0 Å². The van der Waals surface area contributed by atoms with E-state index in [9.17, 15) is 8.60 Å². The van der Waals surface area contributed by atoms with Gasteiger partial charge in [0.25, 0.3) is 0 Å². The highest BCUT2D eigenvalue weighted by Crippen LogP contribution is 2.27. The maximum atomic E-state index is 13.2. The Kier molecular flexibility index (Phi) is 4.93. The minimum atomic E-state index is -1.30. The fourth-order valence-corrected chi connectivity index (χ4v) is 3.46. The molecule has 0 aliphatic carbocycles. The van der Waals surface area contributed by atoms with Crippen molar-refractivity contribution >= 4 is 22.5 Å². The van der Waals surface area contributed by atoms with E-state index in [0.29, 0.717) is 0 Å². The molecule has 4 rings (SSSR count). The number of aromatic nitrogens is 2. The number of rotatable bonds is 5. The van der Waals surface area contributed by atoms with Crippen LogP contribution in [0.25, 0.3) is 28.0 Å². The molecule has 0 aliphatic heterocycles. The van der Waals surface area contributed by atoms with Gasteiger partial charge in [-0.25, -0.2) is 17.9 Å². The van der Waals surface area contributed by atoms with Crippen molar-refractivity contribution in [2.75, 3.05) is 18.8 Å². The van der Waals surface area contributed by atoms with Gasteiger partial charge in [-0.1, -0.05) is 24.3 Å². The fourth-order valence-electron chi connectivity index (χ4n) is 2.95. The number of halogens is 1. The molecular formula is C21H19FN4OS. The summed E-state index contributed by atoms with van der Waals surface area (Å²) in [6.07, 6.45) is 3.76. The Labute approximate surface area is 165 Å². The van der Waals surface area contributed by atoms with Crippen LogP contribution in [0.2, 0.25) is 0 Å². The summed E-state index contributed by atoms with van der Waals surface area (Å²) in [6, 6.07) is 18.1. The van der Waals surface area contributed by atoms with Gasteiger partial charge in [-0.15, -0.1) is 0 Å². The largest absolute Gasteiger partial charge is 0.300 e. The standard InChI is InChI=1S/C21H19FN4OS/c1-25(2)28(27)24-19-5-3-4-17(12-19)20-14-23-21-13-16(10-11-26(20)21)15-6-8-18(22)9-7-15/h3-14,24H,1-2H3. The maximum Gasteiger partial charge on any atom is 0.195 e. The molecule has 0 saturated heterocycles. The minimum Gasteiger partial charge on any atom is -0.300 e. The van der Waals surface area contributed by atoms with Gasteiger partial charge in [-0.2, -0.15) is 0 Å². The lowest BCUT2D eigenvalue weighted by Crippen LogP contribution is -2.21. The van der Waals surface area contributed by atoms with Gasteiger partial charge in [-0.3, -0.25) is 9.12 Å². The first-order valence-electron chi connectivity index (χ1n) is 8.70. The molecule has 28 heavy (non-hydrogen) atoms. The zero-order chi connectivity index (χ0) is 19.7. The Morgan fingerprint density at radius 3 is 2.54 bits per heavy atom. The van der Waals surface area contributed by atoms with Gasteiger partial charge in [0.1, 0.15) is 11.5 Å². The molecule has 2 aromatic heterocycles. The Morgan fingerprint density at radius 2 is 1.79 bits per heavy atom. The van der Waals surface area contributed by atoms with Gasteiger partial charge >= 0.3 is 0 Å². The topological polar surface area (TPSA) is 49.6 Å². The number of benzene rings is 2. The molecule has 2 aromatic carbocycles. The van der Waals surface area contributed by atoms with Gasteiger partial charge in [0.15, 0.2) is 11.2 Å². The lowest BCUT2D eigenvalue weighted by Gasteiger charge is -2.12. The molecule has 5 nitrogen and oxygen atoms in total. The summed E-state index contributed by atoms with van der Waals surface area (Å²) in [5.41, 5.74) is 5.37. The zero-order valence-corrected chi connectivity index (χ0v) is 16.3. The second-order valence-electron chi connectivity index (χ2n) is 6.54. The maximum absolute atomic E-state index is 13.2. The second kappa shape index (κ2) is 7.53. The van der Waals surface area contributed by atoms with Crippen molar-refractivity contribution in [1.29, 1.82) is 0 Å². The molecule has 1 N–H and O–H groups in total. The number of anilines is 1. The summed E-state index contributed by atoms with van der Waals surface area (Å²) >= 11 is -1.30. The monoisotopic (exact) mass is 394 g/mol. The molecule has 7 heteroatoms. The Balaban J connectivity index is 1.68. The summed E-state index contributed by atoms with van der Waals surface area (Å²) in [6.45, 7) is 0. The summed E-state index contributed by atoms with van der Waals surface area (Å²) < 4.78 is 31.7. The second-order valence-corrected chi connectivity index (χ2v) is 7.97. The number of pyridine rings is 1. The highest BCUT2D eigenvalue weighted by atomic mass is 32.2. The van der Waals surface area contributed by atoms with E-state index < -0.39 is 11.2 Å². The molecule has 0 radical (unpaired) electrons. The van der Waals surface area contributed by atoms with Gasteiger partial charge in [0.2, 0.25) is 0 Å². The summed E-state index contributed by atoms with van der Waals surface area (Å²) in [4.78, 5) is 4.52. The van der Waals surface area contributed by atoms with Crippen LogP contribution in [0.5, 0.6) is 0 Å². The van der Waals surface area contributed by atoms with Crippen LogP contribution in [0.4, 0.5) is 10.1 Å². The molecule has 0 aliphatic rings. The third kappa shape index (κ3) is 3.67. The molecule has 142 valence electrons. The van der Waals surface area contributed by atoms with Crippen molar-refractivity contribution in [3.8, 4) is 22.4 Å². The van der Waals surface area contributed by atoms with Crippen LogP contribution in [0.15, 0.2) is 73.1 Å². The molecule has 1 atom stereocenters. The number of hydrogen-bond donors (Lipinski definition) is 1.